The quantitative estimate of drug-likeness (QED) is 0.850. The van der Waals surface area contributed by atoms with Crippen LogP contribution in [0.4, 0.5) is 0 Å². The molecule has 0 aliphatic rings. The molecule has 6 nitrogen and oxygen atoms in total. The van der Waals surface area contributed by atoms with Gasteiger partial charge in [0, 0.05) is 14.1 Å². The average molecular weight is 270 g/mol. The standard InChI is InChI=1S/C11H16ClN5O/c1-6(12)10-14-9-7(2)15-16(4)11(9)17(10)5-8(18)13-3/h6H,5H2,1-4H3,(H,13,18). The van der Waals surface area contributed by atoms with E-state index >= 15 is 0 Å². The van der Waals surface area contributed by atoms with Gasteiger partial charge in [-0.05, 0) is 13.8 Å². The van der Waals surface area contributed by atoms with Crippen molar-refractivity contribution in [3.63, 3.8) is 0 Å². The molecular weight excluding hydrogens is 254 g/mol. The van der Waals surface area contributed by atoms with Gasteiger partial charge in [-0.25, -0.2) is 4.98 Å². The number of nitrogens with one attached hydrogen (secondary N) is 1. The Bertz CT molecular complexity index is 598. The van der Waals surface area contributed by atoms with Gasteiger partial charge in [0.2, 0.25) is 5.91 Å². The van der Waals surface area contributed by atoms with Gasteiger partial charge in [-0.3, -0.25) is 9.48 Å². The molecule has 1 N–H and O–H groups in total. The van der Waals surface area contributed by atoms with Crippen LogP contribution in [0.25, 0.3) is 11.2 Å². The first-order valence-corrected chi connectivity index (χ1v) is 6.13. The molecule has 1 unspecified atom stereocenters. The van der Waals surface area contributed by atoms with Crippen LogP contribution < -0.4 is 5.32 Å². The van der Waals surface area contributed by atoms with Crippen LogP contribution in [0.3, 0.4) is 0 Å². The zero-order chi connectivity index (χ0) is 13.4. The summed E-state index contributed by atoms with van der Waals surface area (Å²) in [6.07, 6.45) is 0. The van der Waals surface area contributed by atoms with E-state index < -0.39 is 0 Å². The topological polar surface area (TPSA) is 64.7 Å². The van der Waals surface area contributed by atoms with Crippen LogP contribution in [-0.4, -0.2) is 32.3 Å². The van der Waals surface area contributed by atoms with E-state index in [2.05, 4.69) is 15.4 Å². The molecule has 0 aliphatic heterocycles. The smallest absolute Gasteiger partial charge is 0.239 e. The van der Waals surface area contributed by atoms with E-state index in [0.717, 1.165) is 16.9 Å². The van der Waals surface area contributed by atoms with E-state index in [9.17, 15) is 4.79 Å². The summed E-state index contributed by atoms with van der Waals surface area (Å²) in [5.41, 5.74) is 2.45. The van der Waals surface area contributed by atoms with Gasteiger partial charge in [0.15, 0.2) is 5.65 Å². The number of amides is 1. The molecule has 0 fully saturated rings. The van der Waals surface area contributed by atoms with Crippen LogP contribution in [-0.2, 0) is 18.4 Å². The first kappa shape index (κ1) is 12.9. The molecule has 98 valence electrons. The highest BCUT2D eigenvalue weighted by Crippen LogP contribution is 2.25. The molecule has 2 rings (SSSR count). The molecule has 0 bridgehead atoms. The van der Waals surface area contributed by atoms with Crippen molar-refractivity contribution in [2.24, 2.45) is 7.05 Å². The number of nitrogens with zero attached hydrogens (tertiary/aromatic N) is 4. The highest BCUT2D eigenvalue weighted by atomic mass is 35.5. The number of alkyl halides is 1. The lowest BCUT2D eigenvalue weighted by Crippen LogP contribution is -2.25. The third kappa shape index (κ3) is 1.96. The van der Waals surface area contributed by atoms with Crippen LogP contribution in [0.1, 0.15) is 23.8 Å². The summed E-state index contributed by atoms with van der Waals surface area (Å²) in [6.45, 7) is 3.92. The maximum absolute atomic E-state index is 11.6. The summed E-state index contributed by atoms with van der Waals surface area (Å²) in [5.74, 6) is 0.595. The van der Waals surface area contributed by atoms with Gasteiger partial charge < -0.3 is 9.88 Å². The molecule has 18 heavy (non-hydrogen) atoms. The van der Waals surface area contributed by atoms with Crippen molar-refractivity contribution in [3.8, 4) is 0 Å². The minimum Gasteiger partial charge on any atom is -0.358 e. The number of likely N-dealkylation sites (N-methyl/N-ethyl adjacent to an activating group) is 1. The molecule has 1 atom stereocenters. The molecule has 2 aromatic rings. The summed E-state index contributed by atoms with van der Waals surface area (Å²) in [4.78, 5) is 16.1. The number of fused-ring (bicyclic) bond motifs is 1. The Morgan fingerprint density at radius 2 is 2.22 bits per heavy atom. The van der Waals surface area contributed by atoms with Gasteiger partial charge in [0.1, 0.15) is 17.9 Å². The molecule has 0 radical (unpaired) electrons. The van der Waals surface area contributed by atoms with Gasteiger partial charge in [-0.1, -0.05) is 0 Å². The lowest BCUT2D eigenvalue weighted by molar-refractivity contribution is -0.121. The predicted molar refractivity (Wildman–Crippen MR) is 69.6 cm³/mol. The van der Waals surface area contributed by atoms with Crippen LogP contribution >= 0.6 is 11.6 Å². The second kappa shape index (κ2) is 4.61. The van der Waals surface area contributed by atoms with Gasteiger partial charge in [-0.2, -0.15) is 5.10 Å². The number of halogens is 1. The van der Waals surface area contributed by atoms with Crippen molar-refractivity contribution in [3.05, 3.63) is 11.5 Å². The average Bonchev–Trinajstić information content (AvgIpc) is 2.79. The highest BCUT2D eigenvalue weighted by Gasteiger charge is 2.21. The number of imidazole rings is 1. The summed E-state index contributed by atoms with van der Waals surface area (Å²) < 4.78 is 3.54. The highest BCUT2D eigenvalue weighted by molar-refractivity contribution is 6.20. The molecular formula is C11H16ClN5O. The Morgan fingerprint density at radius 1 is 1.56 bits per heavy atom. The fraction of sp³-hybridized carbons (Fsp3) is 0.545. The lowest BCUT2D eigenvalue weighted by Gasteiger charge is -2.09. The first-order chi connectivity index (χ1) is 8.45. The molecule has 0 spiro atoms. The van der Waals surface area contributed by atoms with Crippen LogP contribution in [0, 0.1) is 6.92 Å². The van der Waals surface area contributed by atoms with E-state index in [-0.39, 0.29) is 17.8 Å². The predicted octanol–water partition coefficient (Wildman–Crippen LogP) is 1.12. The molecule has 0 saturated heterocycles. The van der Waals surface area contributed by atoms with Crippen molar-refractivity contribution in [1.82, 2.24) is 24.6 Å². The van der Waals surface area contributed by atoms with E-state index in [1.54, 1.807) is 11.7 Å². The van der Waals surface area contributed by atoms with Crippen LogP contribution in [0.2, 0.25) is 0 Å². The number of carbonyl (C=O) groups is 1. The molecule has 0 saturated carbocycles. The van der Waals surface area contributed by atoms with Crippen LogP contribution in [0.15, 0.2) is 0 Å². The Kier molecular flexibility index (Phi) is 3.30. The number of rotatable bonds is 3. The molecule has 2 aromatic heterocycles. The normalized spacial score (nSPS) is 12.9. The van der Waals surface area contributed by atoms with E-state index in [4.69, 9.17) is 11.6 Å². The van der Waals surface area contributed by atoms with Gasteiger partial charge in [0.05, 0.1) is 11.1 Å². The van der Waals surface area contributed by atoms with Crippen molar-refractivity contribution >= 4 is 28.7 Å². The monoisotopic (exact) mass is 269 g/mol. The molecule has 1 amide bonds. The minimum atomic E-state index is -0.263. The van der Waals surface area contributed by atoms with Crippen molar-refractivity contribution in [2.45, 2.75) is 25.8 Å². The third-order valence-corrected chi connectivity index (χ3v) is 3.05. The fourth-order valence-corrected chi connectivity index (χ4v) is 2.20. The second-order valence-corrected chi connectivity index (χ2v) is 4.88. The maximum atomic E-state index is 11.6. The number of aryl methyl sites for hydroxylation is 2. The Hall–Kier alpha value is -1.56. The Labute approximate surface area is 110 Å². The Morgan fingerprint density at radius 3 is 2.78 bits per heavy atom. The summed E-state index contributed by atoms with van der Waals surface area (Å²) in [5, 5.41) is 6.64. The van der Waals surface area contributed by atoms with Crippen LogP contribution in [0.5, 0.6) is 0 Å². The lowest BCUT2D eigenvalue weighted by atomic mass is 10.4. The molecule has 0 aromatic carbocycles. The Balaban J connectivity index is 2.65. The summed E-state index contributed by atoms with van der Waals surface area (Å²) in [6, 6.07) is 0. The first-order valence-electron chi connectivity index (χ1n) is 5.70. The van der Waals surface area contributed by atoms with Crippen molar-refractivity contribution in [1.29, 1.82) is 0 Å². The zero-order valence-electron chi connectivity index (χ0n) is 10.9. The fourth-order valence-electron chi connectivity index (χ4n) is 2.03. The molecule has 2 heterocycles. The van der Waals surface area contributed by atoms with Gasteiger partial charge in [-0.15, -0.1) is 11.6 Å². The van der Waals surface area contributed by atoms with E-state index in [0.29, 0.717) is 5.82 Å². The van der Waals surface area contributed by atoms with Crippen molar-refractivity contribution in [2.75, 3.05) is 7.05 Å². The molecule has 7 heteroatoms. The van der Waals surface area contributed by atoms with Crippen molar-refractivity contribution < 1.29 is 4.79 Å². The minimum absolute atomic E-state index is 0.0910. The second-order valence-electron chi connectivity index (χ2n) is 4.23. The van der Waals surface area contributed by atoms with E-state index in [1.807, 2.05) is 25.5 Å². The SMILES string of the molecule is CNC(=O)Cn1c(C(C)Cl)nc2c(C)nn(C)c21. The zero-order valence-corrected chi connectivity index (χ0v) is 11.6. The maximum Gasteiger partial charge on any atom is 0.239 e. The summed E-state index contributed by atoms with van der Waals surface area (Å²) >= 11 is 6.12. The largest absolute Gasteiger partial charge is 0.358 e. The van der Waals surface area contributed by atoms with Gasteiger partial charge in [0.25, 0.3) is 0 Å². The summed E-state index contributed by atoms with van der Waals surface area (Å²) in [7, 11) is 3.44. The number of hydrogen-bond acceptors (Lipinski definition) is 3. The number of hydrogen-bond donors (Lipinski definition) is 1. The third-order valence-electron chi connectivity index (χ3n) is 2.86. The number of aromatic nitrogens is 4. The van der Waals surface area contributed by atoms with Gasteiger partial charge >= 0.3 is 0 Å². The molecule has 0 aliphatic carbocycles. The van der Waals surface area contributed by atoms with E-state index in [1.165, 1.54) is 0 Å². The number of carbonyl (C=O) groups excluding carboxylic acids is 1.